The average Bonchev–Trinajstić information content (AvgIpc) is 2.51. The van der Waals surface area contributed by atoms with Gasteiger partial charge in [0.15, 0.2) is 16.6 Å². The Morgan fingerprint density at radius 2 is 2.00 bits per heavy atom. The molecule has 15 heavy (non-hydrogen) atoms. The van der Waals surface area contributed by atoms with Gasteiger partial charge in [0.1, 0.15) is 0 Å². The summed E-state index contributed by atoms with van der Waals surface area (Å²) in [6.45, 7) is 10.1. The van der Waals surface area contributed by atoms with Crippen LogP contribution in [0.2, 0.25) is 0 Å². The van der Waals surface area contributed by atoms with E-state index < -0.39 is 0 Å². The number of anilines is 2. The maximum Gasteiger partial charge on any atom is 0.198 e. The maximum atomic E-state index is 5.78. The van der Waals surface area contributed by atoms with Crippen molar-refractivity contribution in [1.29, 1.82) is 0 Å². The number of nitrogen functional groups attached to an aromatic ring is 1. The molecule has 0 atom stereocenters. The highest BCUT2D eigenvalue weighted by Gasteiger charge is 2.18. The Hall–Kier alpha value is -0.970. The molecular weight excluding hydrogens is 210 g/mol. The van der Waals surface area contributed by atoms with E-state index in [4.69, 9.17) is 10.5 Å². The summed E-state index contributed by atoms with van der Waals surface area (Å²) >= 11 is 1.40. The highest BCUT2D eigenvalue weighted by molar-refractivity contribution is 7.11. The number of ether oxygens (including phenoxy) is 1. The lowest BCUT2D eigenvalue weighted by Gasteiger charge is -2.20. The highest BCUT2D eigenvalue weighted by Crippen LogP contribution is 2.38. The van der Waals surface area contributed by atoms with E-state index in [2.05, 4.69) is 23.1 Å². The van der Waals surface area contributed by atoms with Crippen molar-refractivity contribution in [3.05, 3.63) is 0 Å². The molecule has 5 heteroatoms. The molecule has 4 nitrogen and oxygen atoms in total. The first-order chi connectivity index (χ1) is 7.10. The van der Waals surface area contributed by atoms with Gasteiger partial charge in [-0.15, -0.1) is 0 Å². The van der Waals surface area contributed by atoms with Crippen LogP contribution in [-0.4, -0.2) is 23.6 Å². The molecule has 0 aromatic carbocycles. The molecule has 0 aliphatic carbocycles. The van der Waals surface area contributed by atoms with Crippen molar-refractivity contribution in [2.45, 2.75) is 33.8 Å². The second kappa shape index (κ2) is 5.21. The van der Waals surface area contributed by atoms with Crippen molar-refractivity contribution in [3.63, 3.8) is 0 Å². The maximum absolute atomic E-state index is 5.78. The summed E-state index contributed by atoms with van der Waals surface area (Å²) in [4.78, 5) is 2.20. The first-order valence-corrected chi connectivity index (χ1v) is 6.04. The molecule has 2 N–H and O–H groups in total. The number of hydrogen-bond donors (Lipinski definition) is 1. The van der Waals surface area contributed by atoms with E-state index in [0.29, 0.717) is 5.82 Å². The number of nitrogens with zero attached hydrogens (tertiary/aromatic N) is 2. The zero-order chi connectivity index (χ0) is 11.4. The Bertz CT molecular complexity index is 308. The minimum atomic E-state index is 0.123. The van der Waals surface area contributed by atoms with E-state index in [9.17, 15) is 0 Å². The molecule has 86 valence electrons. The third kappa shape index (κ3) is 2.75. The summed E-state index contributed by atoms with van der Waals surface area (Å²) in [5, 5.41) is 1.03. The van der Waals surface area contributed by atoms with Crippen molar-refractivity contribution in [2.24, 2.45) is 0 Å². The summed E-state index contributed by atoms with van der Waals surface area (Å²) in [6.07, 6.45) is 0.123. The fourth-order valence-electron chi connectivity index (χ4n) is 1.34. The molecule has 0 aliphatic heterocycles. The van der Waals surface area contributed by atoms with Crippen LogP contribution in [0.5, 0.6) is 5.75 Å². The smallest absolute Gasteiger partial charge is 0.198 e. The van der Waals surface area contributed by atoms with Crippen LogP contribution in [0.25, 0.3) is 0 Å². The highest BCUT2D eigenvalue weighted by atomic mass is 32.1. The van der Waals surface area contributed by atoms with Crippen molar-refractivity contribution in [3.8, 4) is 5.75 Å². The van der Waals surface area contributed by atoms with E-state index in [1.54, 1.807) is 0 Å². The molecule has 0 radical (unpaired) electrons. The molecule has 0 aliphatic rings. The Morgan fingerprint density at radius 3 is 2.47 bits per heavy atom. The molecular formula is C10H19N3OS. The fourth-order valence-corrected chi connectivity index (χ4v) is 2.22. The van der Waals surface area contributed by atoms with Gasteiger partial charge in [0.05, 0.1) is 6.10 Å². The minimum absolute atomic E-state index is 0.123. The molecule has 0 amide bonds. The predicted octanol–water partition coefficient (Wildman–Crippen LogP) is 2.36. The summed E-state index contributed by atoms with van der Waals surface area (Å²) in [6, 6.07) is 0. The van der Waals surface area contributed by atoms with E-state index in [0.717, 1.165) is 23.8 Å². The lowest BCUT2D eigenvalue weighted by molar-refractivity contribution is 0.245. The van der Waals surface area contributed by atoms with Gasteiger partial charge in [-0.2, -0.15) is 4.37 Å². The van der Waals surface area contributed by atoms with Crippen molar-refractivity contribution >= 4 is 22.4 Å². The Labute approximate surface area is 95.2 Å². The standard InChI is InChI=1S/C10H19N3OS/c1-5-13(6-2)10-8(14-7(3)4)9(11)12-15-10/h7H,5-6H2,1-4H3,(H2,11,12). The fraction of sp³-hybridized carbons (Fsp3) is 0.700. The average molecular weight is 229 g/mol. The minimum Gasteiger partial charge on any atom is -0.484 e. The van der Waals surface area contributed by atoms with Gasteiger partial charge in [0, 0.05) is 13.1 Å². The Balaban J connectivity index is 2.96. The predicted molar refractivity (Wildman–Crippen MR) is 65.9 cm³/mol. The van der Waals surface area contributed by atoms with Gasteiger partial charge >= 0.3 is 0 Å². The van der Waals surface area contributed by atoms with E-state index in [-0.39, 0.29) is 6.10 Å². The van der Waals surface area contributed by atoms with Crippen molar-refractivity contribution < 1.29 is 4.74 Å². The molecule has 0 saturated heterocycles. The van der Waals surface area contributed by atoms with Crippen LogP contribution in [0.15, 0.2) is 0 Å². The van der Waals surface area contributed by atoms with Gasteiger partial charge in [-0.1, -0.05) is 0 Å². The molecule has 0 spiro atoms. The van der Waals surface area contributed by atoms with Crippen LogP contribution in [0.1, 0.15) is 27.7 Å². The summed E-state index contributed by atoms with van der Waals surface area (Å²) in [5.74, 6) is 1.23. The molecule has 0 bridgehead atoms. The first kappa shape index (κ1) is 12.1. The quantitative estimate of drug-likeness (QED) is 0.842. The third-order valence-electron chi connectivity index (χ3n) is 2.06. The molecule has 1 aromatic rings. The molecule has 0 unspecified atom stereocenters. The summed E-state index contributed by atoms with van der Waals surface area (Å²) < 4.78 is 9.82. The molecule has 0 saturated carbocycles. The van der Waals surface area contributed by atoms with E-state index in [1.807, 2.05) is 13.8 Å². The normalized spacial score (nSPS) is 10.7. The second-order valence-electron chi connectivity index (χ2n) is 3.54. The van der Waals surface area contributed by atoms with Crippen LogP contribution in [0, 0.1) is 0 Å². The Kier molecular flexibility index (Phi) is 4.20. The van der Waals surface area contributed by atoms with E-state index in [1.165, 1.54) is 11.5 Å². The molecule has 1 aromatic heterocycles. The second-order valence-corrected chi connectivity index (χ2v) is 4.29. The van der Waals surface area contributed by atoms with Crippen LogP contribution in [-0.2, 0) is 0 Å². The van der Waals surface area contributed by atoms with E-state index >= 15 is 0 Å². The molecule has 1 heterocycles. The number of rotatable bonds is 5. The van der Waals surface area contributed by atoms with Crippen molar-refractivity contribution in [2.75, 3.05) is 23.7 Å². The number of hydrogen-bond acceptors (Lipinski definition) is 5. The monoisotopic (exact) mass is 229 g/mol. The topological polar surface area (TPSA) is 51.4 Å². The zero-order valence-corrected chi connectivity index (χ0v) is 10.6. The van der Waals surface area contributed by atoms with Crippen molar-refractivity contribution in [1.82, 2.24) is 4.37 Å². The number of aromatic nitrogens is 1. The van der Waals surface area contributed by atoms with Crippen LogP contribution in [0.3, 0.4) is 0 Å². The largest absolute Gasteiger partial charge is 0.484 e. The van der Waals surface area contributed by atoms with Gasteiger partial charge in [-0.3, -0.25) is 0 Å². The lowest BCUT2D eigenvalue weighted by atomic mass is 10.4. The Morgan fingerprint density at radius 1 is 1.40 bits per heavy atom. The summed E-state index contributed by atoms with van der Waals surface area (Å²) in [7, 11) is 0. The van der Waals surface area contributed by atoms with Gasteiger partial charge in [-0.05, 0) is 39.2 Å². The summed E-state index contributed by atoms with van der Waals surface area (Å²) in [5.41, 5.74) is 5.78. The lowest BCUT2D eigenvalue weighted by Crippen LogP contribution is -2.22. The van der Waals surface area contributed by atoms with Gasteiger partial charge < -0.3 is 15.4 Å². The van der Waals surface area contributed by atoms with Crippen LogP contribution < -0.4 is 15.4 Å². The molecule has 1 rings (SSSR count). The van der Waals surface area contributed by atoms with Crippen LogP contribution in [0.4, 0.5) is 10.8 Å². The van der Waals surface area contributed by atoms with Gasteiger partial charge in [0.25, 0.3) is 0 Å². The molecule has 0 fully saturated rings. The van der Waals surface area contributed by atoms with Gasteiger partial charge in [-0.25, -0.2) is 0 Å². The first-order valence-electron chi connectivity index (χ1n) is 5.26. The number of nitrogens with two attached hydrogens (primary N) is 1. The van der Waals surface area contributed by atoms with Gasteiger partial charge in [0.2, 0.25) is 0 Å². The SMILES string of the molecule is CCN(CC)c1snc(N)c1OC(C)C. The zero-order valence-electron chi connectivity index (χ0n) is 9.78. The van der Waals surface area contributed by atoms with Crippen LogP contribution >= 0.6 is 11.5 Å². The third-order valence-corrected chi connectivity index (χ3v) is 2.97.